The Labute approximate surface area is 627 Å². The predicted octanol–water partition coefficient (Wildman–Crippen LogP) is 17.5. The molecule has 1 saturated heterocycles. The Bertz CT molecular complexity index is 5740. The van der Waals surface area contributed by atoms with E-state index in [0.717, 1.165) is 96.3 Å². The summed E-state index contributed by atoms with van der Waals surface area (Å²) in [4.78, 5) is 0. The lowest BCUT2D eigenvalue weighted by Gasteiger charge is -2.09. The standard InChI is InChI=1S/C21H17ClN4O.C20H16ClFN4O.2C20H17ClN4O/c22-18-17-19(14-7-3-1-4-8-14)25-26(16-11-12-27-13-16)21(17)24-23-20(18)15-9-5-2-6-10-15;1-12-9-14(11-15(22)10-12)18-16-17(21)19(13-5-3-2-4-6-13)23-24-20(16)26(25-18)7-8-27;1-13(12-26)25-20-16(18(24-25)14-8-4-2-5-9-14)17(21)19(22-23-20)15-10-6-3-7-11-15;1-13-6-5-9-15(12-13)18-16-17(21)19(14-7-3-2-4-8-14)22-23-20(16)25(24-18)10-11-26/h1-10,16H,11-13H2;2-6,9-11,27H,7-8H2,1H3;2-11,13,26H,12H2,1H3;2-9,12,26H,10-11H2,1H3. The number of fused-ring (bicyclic) bond motifs is 4. The molecule has 3 N–H and O–H groups in total. The highest BCUT2D eigenvalue weighted by Crippen LogP contribution is 2.43. The van der Waals surface area contributed by atoms with Crippen LogP contribution in [0.15, 0.2) is 224 Å². The van der Waals surface area contributed by atoms with Crippen molar-refractivity contribution < 1.29 is 24.4 Å². The van der Waals surface area contributed by atoms with Crippen molar-refractivity contribution in [2.75, 3.05) is 33.0 Å². The first-order chi connectivity index (χ1) is 51.8. The summed E-state index contributed by atoms with van der Waals surface area (Å²) in [6.45, 7) is 7.46. The Hall–Kier alpha value is -11.1. The summed E-state index contributed by atoms with van der Waals surface area (Å²) >= 11 is 27.1. The van der Waals surface area contributed by atoms with Gasteiger partial charge in [-0.3, -0.25) is 0 Å². The number of aryl methyl sites for hydroxylation is 2. The van der Waals surface area contributed by atoms with E-state index >= 15 is 0 Å². The molecule has 0 aliphatic carbocycles. The molecule has 0 amide bonds. The summed E-state index contributed by atoms with van der Waals surface area (Å²) in [5, 5.41) is 86.9. The largest absolute Gasteiger partial charge is 0.394 e. The fourth-order valence-corrected chi connectivity index (χ4v) is 13.9. The number of ether oxygens (including phenoxy) is 1. The zero-order valence-electron chi connectivity index (χ0n) is 57.5. The molecule has 8 aromatic carbocycles. The van der Waals surface area contributed by atoms with E-state index < -0.39 is 0 Å². The van der Waals surface area contributed by atoms with Gasteiger partial charge in [-0.25, -0.2) is 23.1 Å². The Balaban J connectivity index is 0.000000119. The number of halogens is 5. The second kappa shape index (κ2) is 32.5. The Morgan fingerprint density at radius 3 is 1.15 bits per heavy atom. The average molecular weight is 1490 g/mol. The molecule has 1 aliphatic rings. The molecule has 1 fully saturated rings. The first-order valence-electron chi connectivity index (χ1n) is 34.1. The third kappa shape index (κ3) is 14.8. The van der Waals surface area contributed by atoms with E-state index in [2.05, 4.69) is 57.1 Å². The molecule has 530 valence electrons. The highest BCUT2D eigenvalue weighted by atomic mass is 35.5. The zero-order chi connectivity index (χ0) is 73.4. The van der Waals surface area contributed by atoms with Crippen LogP contribution >= 0.6 is 46.4 Å². The lowest BCUT2D eigenvalue weighted by molar-refractivity contribution is 0.185. The van der Waals surface area contributed by atoms with Gasteiger partial charge in [0.15, 0.2) is 22.6 Å². The number of aromatic nitrogens is 16. The van der Waals surface area contributed by atoms with Gasteiger partial charge in [0, 0.05) is 51.1 Å². The van der Waals surface area contributed by atoms with E-state index in [1.165, 1.54) is 12.1 Å². The molecule has 8 aromatic heterocycles. The number of hydrogen-bond acceptors (Lipinski definition) is 16. The fourth-order valence-electron chi connectivity index (χ4n) is 12.6. The lowest BCUT2D eigenvalue weighted by atomic mass is 10.0. The maximum atomic E-state index is 14.0. The maximum absolute atomic E-state index is 14.0. The van der Waals surface area contributed by atoms with Crippen LogP contribution in [0, 0.1) is 19.7 Å². The van der Waals surface area contributed by atoms with Crippen LogP contribution in [-0.4, -0.2) is 128 Å². The van der Waals surface area contributed by atoms with Gasteiger partial charge in [-0.2, -0.15) is 20.4 Å². The van der Waals surface area contributed by atoms with E-state index in [0.29, 0.717) is 95.3 Å². The number of hydrogen-bond donors (Lipinski definition) is 3. The molecule has 2 atom stereocenters. The molecule has 17 rings (SSSR count). The monoisotopic (exact) mass is 1490 g/mol. The molecule has 9 heterocycles. The molecule has 0 spiro atoms. The number of rotatable bonds is 15. The van der Waals surface area contributed by atoms with E-state index in [1.54, 1.807) is 14.0 Å². The Morgan fingerprint density at radius 2 is 0.755 bits per heavy atom. The minimum atomic E-state index is -0.351. The van der Waals surface area contributed by atoms with E-state index in [-0.39, 0.29) is 44.3 Å². The molecule has 0 bridgehead atoms. The second-order valence-corrected chi connectivity index (χ2v) is 26.6. The van der Waals surface area contributed by atoms with Crippen LogP contribution in [0.1, 0.15) is 36.6 Å². The molecule has 0 saturated carbocycles. The molecule has 25 heteroatoms. The Kier molecular flexibility index (Phi) is 22.0. The normalized spacial score (nSPS) is 13.0. The molecule has 16 aromatic rings. The quantitative estimate of drug-likeness (QED) is 0.0864. The summed E-state index contributed by atoms with van der Waals surface area (Å²) < 4.78 is 26.3. The van der Waals surface area contributed by atoms with E-state index in [4.69, 9.17) is 61.3 Å². The average Bonchev–Trinajstić information content (AvgIpc) is 1.62. The SMILES string of the molecule is CC(CO)n1nc(-c2ccccc2)c2c(Cl)c(-c3ccccc3)nnc21.Cc1cc(F)cc(-c2nn(CCO)c3nnc(-c4ccccc4)c(Cl)c23)c1.Cc1cccc(-c2nn(CCO)c3nnc(-c4ccccc4)c(Cl)c23)c1.Clc1c(-c2ccccc2)nnc2c1c(-c1ccccc1)nn2C1CCOC1. The Morgan fingerprint density at radius 1 is 0.396 bits per heavy atom. The minimum Gasteiger partial charge on any atom is -0.394 e. The van der Waals surface area contributed by atoms with Gasteiger partial charge in [-0.15, -0.1) is 40.8 Å². The predicted molar refractivity (Wildman–Crippen MR) is 415 cm³/mol. The molecular formula is C81H67Cl4FN16O4. The smallest absolute Gasteiger partial charge is 0.182 e. The molecular weight excluding hydrogens is 1420 g/mol. The maximum Gasteiger partial charge on any atom is 0.182 e. The summed E-state index contributed by atoms with van der Waals surface area (Å²) in [7, 11) is 0. The van der Waals surface area contributed by atoms with Crippen LogP contribution in [0.5, 0.6) is 0 Å². The van der Waals surface area contributed by atoms with Crippen molar-refractivity contribution in [3.63, 3.8) is 0 Å². The van der Waals surface area contributed by atoms with Gasteiger partial charge in [0.25, 0.3) is 0 Å². The summed E-state index contributed by atoms with van der Waals surface area (Å²) in [5.74, 6) is -0.351. The van der Waals surface area contributed by atoms with Gasteiger partial charge < -0.3 is 20.1 Å². The lowest BCUT2D eigenvalue weighted by Crippen LogP contribution is -2.11. The van der Waals surface area contributed by atoms with Gasteiger partial charge in [-0.1, -0.05) is 252 Å². The van der Waals surface area contributed by atoms with Gasteiger partial charge in [0.2, 0.25) is 0 Å². The van der Waals surface area contributed by atoms with Crippen LogP contribution in [0.2, 0.25) is 20.1 Å². The topological polar surface area (TPSA) is 244 Å². The second-order valence-electron chi connectivity index (χ2n) is 25.1. The molecule has 106 heavy (non-hydrogen) atoms. The van der Waals surface area contributed by atoms with Gasteiger partial charge in [0.05, 0.1) is 93.2 Å². The van der Waals surface area contributed by atoms with Crippen molar-refractivity contribution in [1.29, 1.82) is 0 Å². The highest BCUT2D eigenvalue weighted by molar-refractivity contribution is 6.40. The van der Waals surface area contributed by atoms with Crippen molar-refractivity contribution in [1.82, 2.24) is 79.9 Å². The number of aliphatic hydroxyl groups is 3. The van der Waals surface area contributed by atoms with Crippen LogP contribution in [-0.2, 0) is 17.8 Å². The first kappa shape index (κ1) is 71.9. The number of aliphatic hydroxyl groups excluding tert-OH is 3. The summed E-state index contributed by atoms with van der Waals surface area (Å²) in [5.41, 5.74) is 16.5. The molecule has 20 nitrogen and oxygen atoms in total. The molecule has 2 unspecified atom stereocenters. The van der Waals surface area contributed by atoms with Crippen molar-refractivity contribution >= 4 is 90.5 Å². The van der Waals surface area contributed by atoms with Gasteiger partial charge >= 0.3 is 0 Å². The van der Waals surface area contributed by atoms with Crippen LogP contribution in [0.3, 0.4) is 0 Å². The number of nitrogens with zero attached hydrogens (tertiary/aromatic N) is 16. The van der Waals surface area contributed by atoms with E-state index in [1.807, 2.05) is 232 Å². The first-order valence-corrected chi connectivity index (χ1v) is 35.6. The van der Waals surface area contributed by atoms with Gasteiger partial charge in [0.1, 0.15) is 51.4 Å². The van der Waals surface area contributed by atoms with Crippen LogP contribution in [0.25, 0.3) is 134 Å². The third-order valence-corrected chi connectivity index (χ3v) is 19.2. The molecule has 0 radical (unpaired) electrons. The van der Waals surface area contributed by atoms with Crippen molar-refractivity contribution in [3.8, 4) is 90.1 Å². The fraction of sp³-hybridized carbons (Fsp3) is 0.160. The van der Waals surface area contributed by atoms with E-state index in [9.17, 15) is 19.7 Å². The summed E-state index contributed by atoms with van der Waals surface area (Å²) in [6.07, 6.45) is 0.907. The van der Waals surface area contributed by atoms with Gasteiger partial charge in [-0.05, 0) is 57.0 Å². The third-order valence-electron chi connectivity index (χ3n) is 17.8. The highest BCUT2D eigenvalue weighted by Gasteiger charge is 2.29. The van der Waals surface area contributed by atoms with Crippen molar-refractivity contribution in [2.45, 2.75) is 52.4 Å². The summed E-state index contributed by atoms with van der Waals surface area (Å²) in [6, 6.07) is 71.4. The van der Waals surface area contributed by atoms with Crippen LogP contribution in [0.4, 0.5) is 4.39 Å². The molecule has 1 aliphatic heterocycles. The van der Waals surface area contributed by atoms with Crippen molar-refractivity contribution in [2.24, 2.45) is 0 Å². The number of benzene rings is 8. The van der Waals surface area contributed by atoms with Crippen LogP contribution < -0.4 is 0 Å². The van der Waals surface area contributed by atoms with Crippen molar-refractivity contribution in [3.05, 3.63) is 261 Å². The zero-order valence-corrected chi connectivity index (χ0v) is 60.5. The minimum absolute atomic E-state index is 0.0379.